The topological polar surface area (TPSA) is 67.1 Å². The highest BCUT2D eigenvalue weighted by atomic mass is 35.5. The Balaban J connectivity index is 2.57. The van der Waals surface area contributed by atoms with E-state index in [9.17, 15) is 4.79 Å². The second-order valence-electron chi connectivity index (χ2n) is 4.91. The molecule has 0 saturated carbocycles. The molecule has 0 bridgehead atoms. The smallest absolute Gasteiger partial charge is 0.206 e. The first kappa shape index (κ1) is 16.3. The summed E-state index contributed by atoms with van der Waals surface area (Å²) in [5.41, 5.74) is 0.231. The van der Waals surface area contributed by atoms with Gasteiger partial charge in [0.05, 0.1) is 44.2 Å². The van der Waals surface area contributed by atoms with E-state index in [0.717, 1.165) is 0 Å². The van der Waals surface area contributed by atoms with Gasteiger partial charge in [-0.1, -0.05) is 11.6 Å². The van der Waals surface area contributed by atoms with Crippen molar-refractivity contribution in [1.29, 1.82) is 0 Å². The van der Waals surface area contributed by atoms with Crippen molar-refractivity contribution in [3.8, 4) is 23.0 Å². The van der Waals surface area contributed by atoms with Gasteiger partial charge in [0.1, 0.15) is 0 Å². The van der Waals surface area contributed by atoms with Gasteiger partial charge in [-0.15, -0.1) is 0 Å². The molecule has 0 fully saturated rings. The zero-order valence-corrected chi connectivity index (χ0v) is 14.3. The first-order chi connectivity index (χ1) is 11.6. The van der Waals surface area contributed by atoms with Crippen LogP contribution in [-0.4, -0.2) is 28.4 Å². The number of methoxy groups -OCH3 is 4. The van der Waals surface area contributed by atoms with Gasteiger partial charge in [0.15, 0.2) is 22.7 Å². The first-order valence-electron chi connectivity index (χ1n) is 6.99. The lowest BCUT2D eigenvalue weighted by Gasteiger charge is -2.14. The predicted molar refractivity (Wildman–Crippen MR) is 91.2 cm³/mol. The highest BCUT2D eigenvalue weighted by Crippen LogP contribution is 2.43. The van der Waals surface area contributed by atoms with Crippen LogP contribution >= 0.6 is 11.6 Å². The normalized spacial score (nSPS) is 10.9. The molecule has 126 valence electrons. The summed E-state index contributed by atoms with van der Waals surface area (Å²) in [5, 5.41) is 0.898. The van der Waals surface area contributed by atoms with Crippen LogP contribution in [0.25, 0.3) is 21.9 Å². The Morgan fingerprint density at radius 1 is 0.833 bits per heavy atom. The van der Waals surface area contributed by atoms with Crippen molar-refractivity contribution in [1.82, 2.24) is 0 Å². The van der Waals surface area contributed by atoms with Crippen LogP contribution in [0.5, 0.6) is 23.0 Å². The molecule has 1 heterocycles. The van der Waals surface area contributed by atoms with Gasteiger partial charge in [0.2, 0.25) is 16.9 Å². The standard InChI is InChI=1S/C17H15ClO6/c1-20-11-6-5-8-12(19)9-7-10(18)15(21-2)17(23-4)14(9)24-13(8)16(11)22-3/h5-7H,1-4H3. The summed E-state index contributed by atoms with van der Waals surface area (Å²) in [6.07, 6.45) is 0. The average Bonchev–Trinajstić information content (AvgIpc) is 2.60. The minimum Gasteiger partial charge on any atom is -0.493 e. The average molecular weight is 351 g/mol. The molecule has 0 aliphatic heterocycles. The molecule has 0 atom stereocenters. The molecule has 1 aromatic heterocycles. The molecule has 0 amide bonds. The van der Waals surface area contributed by atoms with Crippen LogP contribution in [-0.2, 0) is 0 Å². The monoisotopic (exact) mass is 350 g/mol. The lowest BCUT2D eigenvalue weighted by molar-refractivity contribution is 0.348. The van der Waals surface area contributed by atoms with Crippen molar-refractivity contribution in [2.45, 2.75) is 0 Å². The van der Waals surface area contributed by atoms with Crippen LogP contribution in [0.2, 0.25) is 5.02 Å². The van der Waals surface area contributed by atoms with Crippen molar-refractivity contribution >= 4 is 33.5 Å². The van der Waals surface area contributed by atoms with Gasteiger partial charge >= 0.3 is 0 Å². The summed E-state index contributed by atoms with van der Waals surface area (Å²) < 4.78 is 27.2. The fourth-order valence-electron chi connectivity index (χ4n) is 2.66. The molecule has 0 aliphatic carbocycles. The van der Waals surface area contributed by atoms with E-state index in [1.807, 2.05) is 0 Å². The highest BCUT2D eigenvalue weighted by Gasteiger charge is 2.22. The van der Waals surface area contributed by atoms with Gasteiger partial charge in [-0.3, -0.25) is 4.79 Å². The zero-order valence-electron chi connectivity index (χ0n) is 13.6. The fourth-order valence-corrected chi connectivity index (χ4v) is 2.94. The molecular formula is C17H15ClO6. The number of fused-ring (bicyclic) bond motifs is 2. The maximum absolute atomic E-state index is 12.9. The minimum absolute atomic E-state index is 0.225. The van der Waals surface area contributed by atoms with E-state index in [1.165, 1.54) is 34.5 Å². The second-order valence-corrected chi connectivity index (χ2v) is 5.32. The molecule has 0 spiro atoms. The van der Waals surface area contributed by atoms with Crippen LogP contribution in [0.4, 0.5) is 0 Å². The van der Waals surface area contributed by atoms with Crippen LogP contribution in [0.3, 0.4) is 0 Å². The highest BCUT2D eigenvalue weighted by molar-refractivity contribution is 6.33. The van der Waals surface area contributed by atoms with Crippen LogP contribution in [0.15, 0.2) is 27.4 Å². The van der Waals surface area contributed by atoms with E-state index >= 15 is 0 Å². The first-order valence-corrected chi connectivity index (χ1v) is 7.37. The van der Waals surface area contributed by atoms with E-state index < -0.39 is 0 Å². The van der Waals surface area contributed by atoms with Crippen molar-refractivity contribution < 1.29 is 23.4 Å². The number of halogens is 1. The maximum Gasteiger partial charge on any atom is 0.206 e. The Hall–Kier alpha value is -2.60. The van der Waals surface area contributed by atoms with Crippen molar-refractivity contribution in [2.75, 3.05) is 28.4 Å². The maximum atomic E-state index is 12.9. The number of rotatable bonds is 4. The Labute approximate surface area is 142 Å². The molecule has 24 heavy (non-hydrogen) atoms. The Kier molecular flexibility index (Phi) is 4.15. The molecule has 0 radical (unpaired) electrons. The Morgan fingerprint density at radius 3 is 2.04 bits per heavy atom. The zero-order chi connectivity index (χ0) is 17.4. The largest absolute Gasteiger partial charge is 0.493 e. The summed E-state index contributed by atoms with van der Waals surface area (Å²) in [6, 6.07) is 4.76. The lowest BCUT2D eigenvalue weighted by Crippen LogP contribution is -2.05. The van der Waals surface area contributed by atoms with Gasteiger partial charge in [0.25, 0.3) is 0 Å². The van der Waals surface area contributed by atoms with Crippen molar-refractivity contribution in [3.63, 3.8) is 0 Å². The number of benzene rings is 2. The van der Waals surface area contributed by atoms with Crippen LogP contribution in [0, 0.1) is 0 Å². The van der Waals surface area contributed by atoms with Crippen LogP contribution < -0.4 is 24.4 Å². The SMILES string of the molecule is COc1ccc2c(=O)c3cc(Cl)c(OC)c(OC)c3oc2c1OC. The summed E-state index contributed by atoms with van der Waals surface area (Å²) in [5.74, 6) is 1.30. The molecule has 3 aromatic rings. The lowest BCUT2D eigenvalue weighted by atomic mass is 10.1. The third-order valence-corrected chi connectivity index (χ3v) is 4.03. The van der Waals surface area contributed by atoms with Crippen molar-refractivity contribution in [2.24, 2.45) is 0 Å². The molecule has 7 heteroatoms. The summed E-state index contributed by atoms with van der Waals surface area (Å²) in [7, 11) is 5.88. The summed E-state index contributed by atoms with van der Waals surface area (Å²) in [6.45, 7) is 0. The Morgan fingerprint density at radius 2 is 1.46 bits per heavy atom. The van der Waals surface area contributed by atoms with E-state index in [-0.39, 0.29) is 38.5 Å². The molecule has 0 N–H and O–H groups in total. The molecule has 3 rings (SSSR count). The van der Waals surface area contributed by atoms with E-state index in [2.05, 4.69) is 0 Å². The quantitative estimate of drug-likeness (QED) is 0.669. The van der Waals surface area contributed by atoms with Gasteiger partial charge in [-0.05, 0) is 18.2 Å². The summed E-state index contributed by atoms with van der Waals surface area (Å²) >= 11 is 6.19. The van der Waals surface area contributed by atoms with E-state index in [4.69, 9.17) is 35.0 Å². The number of hydrogen-bond acceptors (Lipinski definition) is 6. The second kappa shape index (κ2) is 6.13. The number of ether oxygens (including phenoxy) is 4. The van der Waals surface area contributed by atoms with Gasteiger partial charge in [-0.25, -0.2) is 0 Å². The summed E-state index contributed by atoms with van der Waals surface area (Å²) in [4.78, 5) is 12.9. The molecule has 2 aromatic carbocycles. The molecule has 0 saturated heterocycles. The third-order valence-electron chi connectivity index (χ3n) is 3.75. The van der Waals surface area contributed by atoms with Gasteiger partial charge < -0.3 is 23.4 Å². The Bertz CT molecular complexity index is 992. The van der Waals surface area contributed by atoms with Crippen LogP contribution in [0.1, 0.15) is 0 Å². The molecule has 0 unspecified atom stereocenters. The van der Waals surface area contributed by atoms with E-state index in [0.29, 0.717) is 16.9 Å². The third kappa shape index (κ3) is 2.22. The van der Waals surface area contributed by atoms with E-state index in [1.54, 1.807) is 12.1 Å². The number of hydrogen-bond donors (Lipinski definition) is 0. The molecule has 6 nitrogen and oxygen atoms in total. The van der Waals surface area contributed by atoms with Crippen molar-refractivity contribution in [3.05, 3.63) is 33.4 Å². The predicted octanol–water partition coefficient (Wildman–Crippen LogP) is 3.63. The fraction of sp³-hybridized carbons (Fsp3) is 0.235. The molecular weight excluding hydrogens is 336 g/mol. The van der Waals surface area contributed by atoms with Gasteiger partial charge in [-0.2, -0.15) is 0 Å². The minimum atomic E-state index is -0.255. The molecule has 0 aliphatic rings. The van der Waals surface area contributed by atoms with Gasteiger partial charge in [0, 0.05) is 0 Å².